The molecule has 21 heavy (non-hydrogen) atoms. The molecule has 2 aromatic rings. The molecule has 0 spiro atoms. The van der Waals surface area contributed by atoms with Crippen molar-refractivity contribution in [1.29, 1.82) is 0 Å². The summed E-state index contributed by atoms with van der Waals surface area (Å²) < 4.78 is 1.12. The molecule has 1 aromatic carbocycles. The molecule has 5 nitrogen and oxygen atoms in total. The predicted octanol–water partition coefficient (Wildman–Crippen LogP) is 2.06. The highest BCUT2D eigenvalue weighted by Gasteiger charge is 2.08. The van der Waals surface area contributed by atoms with Gasteiger partial charge in [0.05, 0.1) is 0 Å². The van der Waals surface area contributed by atoms with Gasteiger partial charge in [-0.1, -0.05) is 29.3 Å². The van der Waals surface area contributed by atoms with Gasteiger partial charge in [-0.2, -0.15) is 5.10 Å². The maximum Gasteiger partial charge on any atom is 0.271 e. The molecule has 1 N–H and O–H groups in total. The first kappa shape index (κ1) is 15.5. The minimum absolute atomic E-state index is 0.194. The molecule has 110 valence electrons. The maximum atomic E-state index is 11.9. The zero-order valence-electron chi connectivity index (χ0n) is 11.3. The molecule has 1 heterocycles. The van der Waals surface area contributed by atoms with Crippen molar-refractivity contribution < 1.29 is 4.79 Å². The van der Waals surface area contributed by atoms with Crippen LogP contribution in [0.25, 0.3) is 0 Å². The van der Waals surface area contributed by atoms with E-state index in [-0.39, 0.29) is 17.2 Å². The second kappa shape index (κ2) is 6.74. The van der Waals surface area contributed by atoms with Crippen molar-refractivity contribution in [1.82, 2.24) is 15.1 Å². The van der Waals surface area contributed by atoms with Crippen molar-refractivity contribution >= 4 is 29.1 Å². The van der Waals surface area contributed by atoms with E-state index in [1.807, 2.05) is 6.07 Å². The molecular formula is C14H13Cl2N3O2. The smallest absolute Gasteiger partial charge is 0.271 e. The van der Waals surface area contributed by atoms with Crippen LogP contribution in [-0.2, 0) is 13.5 Å². The van der Waals surface area contributed by atoms with Gasteiger partial charge in [-0.25, -0.2) is 4.68 Å². The van der Waals surface area contributed by atoms with Gasteiger partial charge in [0.15, 0.2) is 0 Å². The second-order valence-electron chi connectivity index (χ2n) is 4.42. The lowest BCUT2D eigenvalue weighted by molar-refractivity contribution is 0.0947. The quantitative estimate of drug-likeness (QED) is 0.935. The number of nitrogens with one attached hydrogen (secondary N) is 1. The Morgan fingerprint density at radius 1 is 1.29 bits per heavy atom. The first-order valence-electron chi connectivity index (χ1n) is 6.24. The number of benzene rings is 1. The average molecular weight is 326 g/mol. The summed E-state index contributed by atoms with van der Waals surface area (Å²) in [5, 5.41) is 7.74. The summed E-state index contributed by atoms with van der Waals surface area (Å²) in [6, 6.07) is 7.93. The number of aromatic nitrogens is 2. The van der Waals surface area contributed by atoms with Crippen LogP contribution < -0.4 is 10.9 Å². The summed E-state index contributed by atoms with van der Waals surface area (Å²) >= 11 is 11.9. The molecule has 7 heteroatoms. The number of aryl methyl sites for hydroxylation is 1. The lowest BCUT2D eigenvalue weighted by atomic mass is 10.1. The molecule has 0 aliphatic heterocycles. The minimum Gasteiger partial charge on any atom is -0.350 e. The zero-order chi connectivity index (χ0) is 15.4. The van der Waals surface area contributed by atoms with E-state index in [2.05, 4.69) is 10.4 Å². The standard InChI is InChI=1S/C14H13Cl2N3O2/c1-19-13(20)5-4-12(18-19)14(21)17-7-6-9-2-3-10(15)8-11(9)16/h2-5,8H,6-7H2,1H3,(H,17,21). The second-order valence-corrected chi connectivity index (χ2v) is 5.27. The van der Waals surface area contributed by atoms with E-state index in [4.69, 9.17) is 23.2 Å². The highest BCUT2D eigenvalue weighted by atomic mass is 35.5. The topological polar surface area (TPSA) is 64.0 Å². The fourth-order valence-corrected chi connectivity index (χ4v) is 2.25. The summed E-state index contributed by atoms with van der Waals surface area (Å²) in [6.45, 7) is 0.407. The van der Waals surface area contributed by atoms with Crippen LogP contribution in [0.5, 0.6) is 0 Å². The van der Waals surface area contributed by atoms with Crippen LogP contribution in [0.1, 0.15) is 16.1 Å². The van der Waals surface area contributed by atoms with Gasteiger partial charge in [-0.05, 0) is 30.2 Å². The average Bonchev–Trinajstić information content (AvgIpc) is 2.44. The molecule has 0 fully saturated rings. The number of nitrogens with zero attached hydrogens (tertiary/aromatic N) is 2. The number of carbonyl (C=O) groups excluding carboxylic acids is 1. The van der Waals surface area contributed by atoms with Crippen molar-refractivity contribution in [3.05, 3.63) is 62.0 Å². The fourth-order valence-electron chi connectivity index (χ4n) is 1.75. The summed E-state index contributed by atoms with van der Waals surface area (Å²) in [7, 11) is 1.49. The van der Waals surface area contributed by atoms with E-state index in [0.717, 1.165) is 10.2 Å². The van der Waals surface area contributed by atoms with Gasteiger partial charge in [0.2, 0.25) is 0 Å². The Labute approximate surface area is 131 Å². The lowest BCUT2D eigenvalue weighted by Gasteiger charge is -2.07. The number of rotatable bonds is 4. The number of hydrogen-bond donors (Lipinski definition) is 1. The normalized spacial score (nSPS) is 10.4. The van der Waals surface area contributed by atoms with Crippen LogP contribution in [0.3, 0.4) is 0 Å². The molecule has 0 bridgehead atoms. The van der Waals surface area contributed by atoms with E-state index in [1.54, 1.807) is 12.1 Å². The van der Waals surface area contributed by atoms with Crippen LogP contribution in [0, 0.1) is 0 Å². The summed E-state index contributed by atoms with van der Waals surface area (Å²) in [5.74, 6) is -0.337. The van der Waals surface area contributed by atoms with Gasteiger partial charge in [0, 0.05) is 29.7 Å². The molecule has 1 amide bonds. The van der Waals surface area contributed by atoms with Gasteiger partial charge >= 0.3 is 0 Å². The molecule has 0 aliphatic carbocycles. The van der Waals surface area contributed by atoms with Gasteiger partial charge in [0.25, 0.3) is 11.5 Å². The molecule has 0 radical (unpaired) electrons. The van der Waals surface area contributed by atoms with E-state index in [9.17, 15) is 9.59 Å². The van der Waals surface area contributed by atoms with Crippen LogP contribution in [0.15, 0.2) is 35.1 Å². The summed E-state index contributed by atoms with van der Waals surface area (Å²) in [4.78, 5) is 23.1. The molecule has 0 unspecified atom stereocenters. The number of hydrogen-bond acceptors (Lipinski definition) is 3. The predicted molar refractivity (Wildman–Crippen MR) is 82.0 cm³/mol. The Kier molecular flexibility index (Phi) is 4.98. The third-order valence-corrected chi connectivity index (χ3v) is 3.48. The van der Waals surface area contributed by atoms with E-state index in [0.29, 0.717) is 23.0 Å². The Morgan fingerprint density at radius 2 is 2.05 bits per heavy atom. The molecule has 0 saturated heterocycles. The Morgan fingerprint density at radius 3 is 2.71 bits per heavy atom. The first-order valence-corrected chi connectivity index (χ1v) is 6.99. The van der Waals surface area contributed by atoms with E-state index in [1.165, 1.54) is 19.2 Å². The van der Waals surface area contributed by atoms with Crippen molar-refractivity contribution in [3.63, 3.8) is 0 Å². The summed E-state index contributed by atoms with van der Waals surface area (Å²) in [5.41, 5.74) is 0.827. The minimum atomic E-state index is -0.337. The number of amides is 1. The van der Waals surface area contributed by atoms with Crippen molar-refractivity contribution in [2.24, 2.45) is 7.05 Å². The van der Waals surface area contributed by atoms with Gasteiger partial charge < -0.3 is 5.32 Å². The Hall–Kier alpha value is -1.85. The third-order valence-electron chi connectivity index (χ3n) is 2.89. The van der Waals surface area contributed by atoms with Crippen LogP contribution in [0.2, 0.25) is 10.0 Å². The molecular weight excluding hydrogens is 313 g/mol. The highest BCUT2D eigenvalue weighted by molar-refractivity contribution is 6.35. The Balaban J connectivity index is 1.95. The maximum absolute atomic E-state index is 11.9. The molecule has 0 aliphatic rings. The molecule has 0 saturated carbocycles. The van der Waals surface area contributed by atoms with Crippen LogP contribution in [0.4, 0.5) is 0 Å². The van der Waals surface area contributed by atoms with Crippen molar-refractivity contribution in [3.8, 4) is 0 Å². The number of carbonyl (C=O) groups is 1. The zero-order valence-corrected chi connectivity index (χ0v) is 12.8. The Bertz CT molecular complexity index is 728. The van der Waals surface area contributed by atoms with Crippen LogP contribution in [-0.4, -0.2) is 22.2 Å². The molecule has 0 atom stereocenters. The van der Waals surface area contributed by atoms with Crippen molar-refractivity contribution in [2.45, 2.75) is 6.42 Å². The SMILES string of the molecule is Cn1nc(C(=O)NCCc2ccc(Cl)cc2Cl)ccc1=O. The molecule has 1 aromatic heterocycles. The van der Waals surface area contributed by atoms with E-state index >= 15 is 0 Å². The first-order chi connectivity index (χ1) is 9.97. The fraction of sp³-hybridized carbons (Fsp3) is 0.214. The lowest BCUT2D eigenvalue weighted by Crippen LogP contribution is -2.29. The number of halogens is 2. The van der Waals surface area contributed by atoms with Gasteiger partial charge in [-0.15, -0.1) is 0 Å². The van der Waals surface area contributed by atoms with Crippen molar-refractivity contribution in [2.75, 3.05) is 6.54 Å². The largest absolute Gasteiger partial charge is 0.350 e. The van der Waals surface area contributed by atoms with Gasteiger partial charge in [-0.3, -0.25) is 9.59 Å². The third kappa shape index (κ3) is 4.06. The highest BCUT2D eigenvalue weighted by Crippen LogP contribution is 2.20. The molecule has 2 rings (SSSR count). The summed E-state index contributed by atoms with van der Waals surface area (Å²) in [6.07, 6.45) is 0.577. The van der Waals surface area contributed by atoms with E-state index < -0.39 is 0 Å². The monoisotopic (exact) mass is 325 g/mol. The van der Waals surface area contributed by atoms with Gasteiger partial charge in [0.1, 0.15) is 5.69 Å². The van der Waals surface area contributed by atoms with Crippen LogP contribution >= 0.6 is 23.2 Å².